The molecular formula is C13H18N4OS. The van der Waals surface area contributed by atoms with E-state index in [9.17, 15) is 0 Å². The van der Waals surface area contributed by atoms with Crippen molar-refractivity contribution < 1.29 is 4.74 Å². The number of anilines is 1. The highest BCUT2D eigenvalue weighted by Gasteiger charge is 2.22. The number of thiophene rings is 1. The first-order valence-corrected chi connectivity index (χ1v) is 7.43. The predicted molar refractivity (Wildman–Crippen MR) is 77.8 cm³/mol. The van der Waals surface area contributed by atoms with Crippen LogP contribution in [0, 0.1) is 0 Å². The Balaban J connectivity index is 1.97. The van der Waals surface area contributed by atoms with E-state index in [-0.39, 0.29) is 6.10 Å². The van der Waals surface area contributed by atoms with Crippen LogP contribution in [0.15, 0.2) is 12.4 Å². The number of ether oxygens (including phenoxy) is 1. The Kier molecular flexibility index (Phi) is 3.63. The van der Waals surface area contributed by atoms with Crippen molar-refractivity contribution in [1.82, 2.24) is 9.97 Å². The van der Waals surface area contributed by atoms with Gasteiger partial charge in [-0.2, -0.15) is 0 Å². The molecule has 0 aromatic carbocycles. The Morgan fingerprint density at radius 2 is 2.42 bits per heavy atom. The molecule has 1 aliphatic rings. The van der Waals surface area contributed by atoms with E-state index < -0.39 is 0 Å². The standard InChI is InChI=1S/C13H18N4OS/c1-2-10-5-11-12(15-8-16-13(11)19-10)17-3-4-18-9(6-14)7-17/h5,8-9H,2-4,6-7,14H2,1H3/t9-/m0/s1. The lowest BCUT2D eigenvalue weighted by Crippen LogP contribution is -2.46. The van der Waals surface area contributed by atoms with E-state index >= 15 is 0 Å². The molecule has 3 rings (SSSR count). The molecule has 1 fully saturated rings. The molecular weight excluding hydrogens is 260 g/mol. The van der Waals surface area contributed by atoms with Crippen LogP contribution in [0.1, 0.15) is 11.8 Å². The second-order valence-electron chi connectivity index (χ2n) is 4.66. The van der Waals surface area contributed by atoms with Crippen LogP contribution in [0.5, 0.6) is 0 Å². The van der Waals surface area contributed by atoms with Gasteiger partial charge < -0.3 is 15.4 Å². The average molecular weight is 278 g/mol. The molecule has 0 bridgehead atoms. The van der Waals surface area contributed by atoms with Crippen LogP contribution in [0.3, 0.4) is 0 Å². The number of nitrogens with two attached hydrogens (primary N) is 1. The molecule has 2 N–H and O–H groups in total. The van der Waals surface area contributed by atoms with Crippen LogP contribution in [-0.4, -0.2) is 42.3 Å². The molecule has 102 valence electrons. The Morgan fingerprint density at radius 3 is 3.21 bits per heavy atom. The summed E-state index contributed by atoms with van der Waals surface area (Å²) in [6.07, 6.45) is 2.79. The van der Waals surface area contributed by atoms with Gasteiger partial charge in [-0.25, -0.2) is 9.97 Å². The number of aromatic nitrogens is 2. The summed E-state index contributed by atoms with van der Waals surface area (Å²) in [5, 5.41) is 1.15. The fourth-order valence-corrected chi connectivity index (χ4v) is 3.30. The van der Waals surface area contributed by atoms with Gasteiger partial charge >= 0.3 is 0 Å². The number of rotatable bonds is 3. The lowest BCUT2D eigenvalue weighted by molar-refractivity contribution is 0.0464. The third kappa shape index (κ3) is 2.43. The van der Waals surface area contributed by atoms with Crippen molar-refractivity contribution in [2.24, 2.45) is 5.73 Å². The van der Waals surface area contributed by atoms with Crippen molar-refractivity contribution in [3.63, 3.8) is 0 Å². The molecule has 0 aliphatic carbocycles. The Morgan fingerprint density at radius 1 is 1.53 bits per heavy atom. The third-order valence-corrected chi connectivity index (χ3v) is 4.60. The van der Waals surface area contributed by atoms with Crippen molar-refractivity contribution in [3.05, 3.63) is 17.3 Å². The predicted octanol–water partition coefficient (Wildman–Crippen LogP) is 1.42. The highest BCUT2D eigenvalue weighted by atomic mass is 32.1. The van der Waals surface area contributed by atoms with Crippen molar-refractivity contribution in [2.45, 2.75) is 19.4 Å². The molecule has 6 heteroatoms. The van der Waals surface area contributed by atoms with Gasteiger partial charge in [0.25, 0.3) is 0 Å². The average Bonchev–Trinajstić information content (AvgIpc) is 2.90. The highest BCUT2D eigenvalue weighted by molar-refractivity contribution is 7.18. The van der Waals surface area contributed by atoms with E-state index in [1.165, 1.54) is 4.88 Å². The van der Waals surface area contributed by atoms with Gasteiger partial charge in [0.1, 0.15) is 17.0 Å². The quantitative estimate of drug-likeness (QED) is 0.920. The molecule has 1 saturated heterocycles. The first kappa shape index (κ1) is 12.8. The summed E-state index contributed by atoms with van der Waals surface area (Å²) in [6.45, 7) is 5.09. The van der Waals surface area contributed by atoms with Gasteiger partial charge in [-0.1, -0.05) is 6.92 Å². The summed E-state index contributed by atoms with van der Waals surface area (Å²) in [5.74, 6) is 1.02. The zero-order valence-electron chi connectivity index (χ0n) is 11.0. The molecule has 1 atom stereocenters. The van der Waals surface area contributed by atoms with Crippen LogP contribution in [0.25, 0.3) is 10.2 Å². The molecule has 1 aliphatic heterocycles. The molecule has 5 nitrogen and oxygen atoms in total. The minimum absolute atomic E-state index is 0.100. The van der Waals surface area contributed by atoms with Gasteiger partial charge in [0.2, 0.25) is 0 Å². The summed E-state index contributed by atoms with van der Waals surface area (Å²) in [4.78, 5) is 13.5. The van der Waals surface area contributed by atoms with Crippen LogP contribution in [0.4, 0.5) is 5.82 Å². The maximum atomic E-state index is 5.70. The summed E-state index contributed by atoms with van der Waals surface area (Å²) >= 11 is 1.75. The number of nitrogens with zero attached hydrogens (tertiary/aromatic N) is 3. The molecule has 2 aromatic heterocycles. The number of fused-ring (bicyclic) bond motifs is 1. The Bertz CT molecular complexity index is 571. The van der Waals surface area contributed by atoms with Crippen LogP contribution in [0.2, 0.25) is 0 Å². The molecule has 0 amide bonds. The SMILES string of the molecule is CCc1cc2c(N3CCO[C@@H](CN)C3)ncnc2s1. The van der Waals surface area contributed by atoms with E-state index in [1.807, 2.05) is 0 Å². The molecule has 0 spiro atoms. The zero-order chi connectivity index (χ0) is 13.2. The van der Waals surface area contributed by atoms with Crippen LogP contribution in [-0.2, 0) is 11.2 Å². The number of morpholine rings is 1. The van der Waals surface area contributed by atoms with Gasteiger partial charge in [-0.15, -0.1) is 11.3 Å². The van der Waals surface area contributed by atoms with E-state index in [2.05, 4.69) is 27.9 Å². The molecule has 0 radical (unpaired) electrons. The second-order valence-corrected chi connectivity index (χ2v) is 5.77. The van der Waals surface area contributed by atoms with Gasteiger partial charge in [-0.3, -0.25) is 0 Å². The summed E-state index contributed by atoms with van der Waals surface area (Å²) in [5.41, 5.74) is 5.70. The number of aryl methyl sites for hydroxylation is 1. The van der Waals surface area contributed by atoms with E-state index in [1.54, 1.807) is 17.7 Å². The van der Waals surface area contributed by atoms with Crippen molar-refractivity contribution in [2.75, 3.05) is 31.1 Å². The van der Waals surface area contributed by atoms with Crippen LogP contribution >= 0.6 is 11.3 Å². The topological polar surface area (TPSA) is 64.3 Å². The van der Waals surface area contributed by atoms with Crippen molar-refractivity contribution >= 4 is 27.4 Å². The van der Waals surface area contributed by atoms with E-state index in [0.29, 0.717) is 13.2 Å². The zero-order valence-corrected chi connectivity index (χ0v) is 11.8. The number of hydrogen-bond donors (Lipinski definition) is 1. The smallest absolute Gasteiger partial charge is 0.140 e. The fraction of sp³-hybridized carbons (Fsp3) is 0.538. The van der Waals surface area contributed by atoms with Crippen molar-refractivity contribution in [1.29, 1.82) is 0 Å². The summed E-state index contributed by atoms with van der Waals surface area (Å²) in [6, 6.07) is 2.21. The van der Waals surface area contributed by atoms with Crippen molar-refractivity contribution in [3.8, 4) is 0 Å². The van der Waals surface area contributed by atoms with Gasteiger partial charge in [-0.05, 0) is 12.5 Å². The minimum Gasteiger partial charge on any atom is -0.373 e. The van der Waals surface area contributed by atoms with Gasteiger partial charge in [0.15, 0.2) is 0 Å². The van der Waals surface area contributed by atoms with Gasteiger partial charge in [0, 0.05) is 24.5 Å². The van der Waals surface area contributed by atoms with E-state index in [0.717, 1.165) is 35.5 Å². The molecule has 3 heterocycles. The third-order valence-electron chi connectivity index (χ3n) is 3.41. The normalized spacial score (nSPS) is 20.1. The minimum atomic E-state index is 0.100. The molecule has 0 saturated carbocycles. The molecule has 0 unspecified atom stereocenters. The van der Waals surface area contributed by atoms with Gasteiger partial charge in [0.05, 0.1) is 18.1 Å². The largest absolute Gasteiger partial charge is 0.373 e. The van der Waals surface area contributed by atoms with Crippen LogP contribution < -0.4 is 10.6 Å². The maximum Gasteiger partial charge on any atom is 0.140 e. The molecule has 2 aromatic rings. The first-order chi connectivity index (χ1) is 9.31. The summed E-state index contributed by atoms with van der Waals surface area (Å²) < 4.78 is 5.61. The Labute approximate surface area is 116 Å². The second kappa shape index (κ2) is 5.40. The molecule has 19 heavy (non-hydrogen) atoms. The van der Waals surface area contributed by atoms with E-state index in [4.69, 9.17) is 10.5 Å². The Hall–Kier alpha value is -1.24. The maximum absolute atomic E-state index is 5.70. The highest BCUT2D eigenvalue weighted by Crippen LogP contribution is 2.31. The lowest BCUT2D eigenvalue weighted by atomic mass is 10.2. The summed E-state index contributed by atoms with van der Waals surface area (Å²) in [7, 11) is 0. The first-order valence-electron chi connectivity index (χ1n) is 6.62. The number of hydrogen-bond acceptors (Lipinski definition) is 6. The monoisotopic (exact) mass is 278 g/mol. The fourth-order valence-electron chi connectivity index (χ4n) is 2.37. The lowest BCUT2D eigenvalue weighted by Gasteiger charge is -2.33.